The first kappa shape index (κ1) is 15.1. The van der Waals surface area contributed by atoms with Crippen molar-refractivity contribution >= 4 is 17.6 Å². The van der Waals surface area contributed by atoms with Crippen LogP contribution < -0.4 is 0 Å². The smallest absolute Gasteiger partial charge is 0.292 e. The van der Waals surface area contributed by atoms with Crippen LogP contribution in [-0.4, -0.2) is 73.6 Å². The molecule has 0 aliphatic carbocycles. The van der Waals surface area contributed by atoms with Crippen LogP contribution >= 0.6 is 0 Å². The third-order valence-electron chi connectivity index (χ3n) is 2.46. The van der Waals surface area contributed by atoms with Gasteiger partial charge in [-0.05, 0) is 42.3 Å². The number of nitrogens with zero attached hydrogens (tertiary/aromatic N) is 3. The highest BCUT2D eigenvalue weighted by molar-refractivity contribution is 6.84. The van der Waals surface area contributed by atoms with Gasteiger partial charge in [0.05, 0.1) is 5.67 Å². The van der Waals surface area contributed by atoms with E-state index in [1.54, 1.807) is 0 Å². The molecule has 0 aliphatic heterocycles. The van der Waals surface area contributed by atoms with Crippen LogP contribution in [0.5, 0.6) is 0 Å². The van der Waals surface area contributed by atoms with Crippen molar-refractivity contribution in [1.29, 1.82) is 0 Å². The lowest BCUT2D eigenvalue weighted by Crippen LogP contribution is -2.63. The average Bonchev–Trinajstić information content (AvgIpc) is 2.02. The minimum absolute atomic E-state index is 0.618. The van der Waals surface area contributed by atoms with Crippen LogP contribution in [-0.2, 0) is 0 Å². The molecule has 92 valence electrons. The highest BCUT2D eigenvalue weighted by atomic mass is 28.5. The zero-order chi connectivity index (χ0) is 12.4. The Morgan fingerprint density at radius 2 is 1.07 bits per heavy atom. The van der Waals surface area contributed by atoms with Gasteiger partial charge in [0, 0.05) is 0 Å². The molecule has 0 heterocycles. The summed E-state index contributed by atoms with van der Waals surface area (Å²) in [6.45, 7) is 0. The zero-order valence-corrected chi connectivity index (χ0v) is 12.2. The molecule has 0 N–H and O–H groups in total. The van der Waals surface area contributed by atoms with E-state index < -0.39 is 23.3 Å². The Morgan fingerprint density at radius 1 is 0.733 bits per heavy atom. The molecule has 3 nitrogen and oxygen atoms in total. The molecular formula is C7H20F3N3Si2. The van der Waals surface area contributed by atoms with Crippen molar-refractivity contribution in [2.24, 2.45) is 0 Å². The highest BCUT2D eigenvalue weighted by Crippen LogP contribution is 2.27. The summed E-state index contributed by atoms with van der Waals surface area (Å²) in [6.07, 6.45) is 0. The average molecular weight is 259 g/mol. The summed E-state index contributed by atoms with van der Waals surface area (Å²) < 4.78 is 45.1. The molecule has 0 aromatic rings. The van der Waals surface area contributed by atoms with Crippen molar-refractivity contribution in [2.75, 3.05) is 42.3 Å². The maximum Gasteiger partial charge on any atom is 0.509 e. The van der Waals surface area contributed by atoms with Crippen LogP contribution in [0.2, 0.25) is 5.67 Å². The Morgan fingerprint density at radius 3 is 1.27 bits per heavy atom. The summed E-state index contributed by atoms with van der Waals surface area (Å²) in [5.74, 6) is 0. The monoisotopic (exact) mass is 259 g/mol. The van der Waals surface area contributed by atoms with Gasteiger partial charge in [-0.3, -0.25) is 26.0 Å². The van der Waals surface area contributed by atoms with Gasteiger partial charge >= 0.3 is 17.6 Å². The van der Waals surface area contributed by atoms with Crippen molar-refractivity contribution in [3.63, 3.8) is 0 Å². The van der Waals surface area contributed by atoms with E-state index in [4.69, 9.17) is 0 Å². The van der Waals surface area contributed by atoms with E-state index in [1.165, 1.54) is 51.4 Å². The first-order valence-electron chi connectivity index (χ1n) is 4.63. The molecule has 8 heteroatoms. The number of hydrogen-bond acceptors (Lipinski definition) is 3. The third kappa shape index (κ3) is 3.56. The van der Waals surface area contributed by atoms with Gasteiger partial charge in [-0.25, -0.2) is 0 Å². The van der Waals surface area contributed by atoms with E-state index in [9.17, 15) is 12.3 Å². The number of hydrogen-bond donors (Lipinski definition) is 0. The van der Waals surface area contributed by atoms with Gasteiger partial charge in [0.25, 0.3) is 0 Å². The molecule has 0 aliphatic rings. The fourth-order valence-electron chi connectivity index (χ4n) is 1.14. The molecule has 0 radical (unpaired) electrons. The summed E-state index contributed by atoms with van der Waals surface area (Å²) in [6, 6.07) is 0. The maximum atomic E-state index is 14.4. The van der Waals surface area contributed by atoms with E-state index in [2.05, 4.69) is 0 Å². The summed E-state index contributed by atoms with van der Waals surface area (Å²) in [5.41, 5.74) is -0.618. The van der Waals surface area contributed by atoms with Gasteiger partial charge in [-0.1, -0.05) is 0 Å². The van der Waals surface area contributed by atoms with Crippen molar-refractivity contribution < 1.29 is 12.3 Å². The Hall–Kier alpha value is 0.104. The second kappa shape index (κ2) is 4.96. The van der Waals surface area contributed by atoms with Crippen LogP contribution in [0.1, 0.15) is 0 Å². The Balaban J connectivity index is 4.85. The standard InChI is InChI=1S/C7H20F3N3Si2/c1-11(2)14(8,9)7-15(10,12(3)4)13(5)6/h7H2,1-6H3. The highest BCUT2D eigenvalue weighted by Gasteiger charge is 2.54. The molecule has 0 unspecified atom stereocenters. The quantitative estimate of drug-likeness (QED) is 0.539. The Kier molecular flexibility index (Phi) is 4.99. The predicted octanol–water partition coefficient (Wildman–Crippen LogP) is 0.997. The van der Waals surface area contributed by atoms with Crippen LogP contribution in [0.15, 0.2) is 0 Å². The first-order chi connectivity index (χ1) is 6.54. The van der Waals surface area contributed by atoms with Gasteiger partial charge in [-0.15, -0.1) is 0 Å². The van der Waals surface area contributed by atoms with Crippen molar-refractivity contribution in [3.05, 3.63) is 0 Å². The molecule has 0 aromatic heterocycles. The molecule has 0 bridgehead atoms. The van der Waals surface area contributed by atoms with Crippen LogP contribution in [0.4, 0.5) is 12.3 Å². The maximum absolute atomic E-state index is 14.4. The molecular weight excluding hydrogens is 239 g/mol. The first-order valence-corrected chi connectivity index (χ1v) is 8.52. The van der Waals surface area contributed by atoms with E-state index in [0.29, 0.717) is 0 Å². The second-order valence-electron chi connectivity index (χ2n) is 4.24. The van der Waals surface area contributed by atoms with Gasteiger partial charge in [0.1, 0.15) is 0 Å². The van der Waals surface area contributed by atoms with Gasteiger partial charge in [0.15, 0.2) is 0 Å². The molecule has 15 heavy (non-hydrogen) atoms. The molecule has 0 fully saturated rings. The number of halogens is 3. The lowest BCUT2D eigenvalue weighted by Gasteiger charge is -2.36. The van der Waals surface area contributed by atoms with Crippen molar-refractivity contribution in [2.45, 2.75) is 5.67 Å². The topological polar surface area (TPSA) is 9.72 Å². The fraction of sp³-hybridized carbons (Fsp3) is 1.00. The van der Waals surface area contributed by atoms with Crippen LogP contribution in [0.25, 0.3) is 0 Å². The van der Waals surface area contributed by atoms with Gasteiger partial charge in [0.2, 0.25) is 0 Å². The second-order valence-corrected chi connectivity index (χ2v) is 11.1. The third-order valence-corrected chi connectivity index (χ3v) is 10.0. The lowest BCUT2D eigenvalue weighted by atomic mass is 11.3. The molecule has 0 rings (SSSR count). The molecule has 0 aromatic carbocycles. The van der Waals surface area contributed by atoms with E-state index in [1.807, 2.05) is 0 Å². The van der Waals surface area contributed by atoms with E-state index in [-0.39, 0.29) is 0 Å². The normalized spacial score (nSPS) is 14.4. The van der Waals surface area contributed by atoms with Gasteiger partial charge in [-0.2, -0.15) is 0 Å². The van der Waals surface area contributed by atoms with Crippen LogP contribution in [0.3, 0.4) is 0 Å². The molecule has 0 atom stereocenters. The Bertz CT molecular complexity index is 204. The summed E-state index contributed by atoms with van der Waals surface area (Å²) >= 11 is 0. The Labute approximate surface area is 92.2 Å². The zero-order valence-electron chi connectivity index (χ0n) is 10.2. The van der Waals surface area contributed by atoms with Crippen LogP contribution in [0, 0.1) is 0 Å². The van der Waals surface area contributed by atoms with Crippen molar-refractivity contribution in [3.8, 4) is 0 Å². The van der Waals surface area contributed by atoms with E-state index in [0.717, 1.165) is 4.57 Å². The summed E-state index contributed by atoms with van der Waals surface area (Å²) in [5, 5.41) is 0. The van der Waals surface area contributed by atoms with Crippen molar-refractivity contribution in [1.82, 2.24) is 13.7 Å². The summed E-state index contributed by atoms with van der Waals surface area (Å²) in [7, 11) is 0.434. The predicted molar refractivity (Wildman–Crippen MR) is 60.7 cm³/mol. The summed E-state index contributed by atoms with van der Waals surface area (Å²) in [4.78, 5) is 0. The fourth-order valence-corrected chi connectivity index (χ4v) is 7.90. The minimum atomic E-state index is -4.60. The molecule has 0 saturated heterocycles. The number of rotatable bonds is 5. The molecule has 0 saturated carbocycles. The lowest BCUT2D eigenvalue weighted by molar-refractivity contribution is 0.381. The molecule has 0 spiro atoms. The van der Waals surface area contributed by atoms with Gasteiger partial charge < -0.3 is 0 Å². The molecule has 0 amide bonds. The minimum Gasteiger partial charge on any atom is -0.292 e. The van der Waals surface area contributed by atoms with E-state index >= 15 is 0 Å². The largest absolute Gasteiger partial charge is 0.509 e. The SMILES string of the molecule is CN(C)[Si](F)(F)C[Si](F)(N(C)C)N(C)C.